The Labute approximate surface area is 173 Å². The molecule has 0 saturated carbocycles. The van der Waals surface area contributed by atoms with E-state index in [9.17, 15) is 4.79 Å². The zero-order valence-corrected chi connectivity index (χ0v) is 17.2. The third-order valence-corrected chi connectivity index (χ3v) is 4.90. The summed E-state index contributed by atoms with van der Waals surface area (Å²) in [5.41, 5.74) is 1.49. The Hall–Kier alpha value is -2.82. The van der Waals surface area contributed by atoms with E-state index in [1.165, 1.54) is 25.7 Å². The van der Waals surface area contributed by atoms with Crippen molar-refractivity contribution in [3.8, 4) is 11.5 Å². The first-order valence-corrected chi connectivity index (χ1v) is 10.6. The highest BCUT2D eigenvalue weighted by Gasteiger charge is 2.09. The van der Waals surface area contributed by atoms with E-state index in [-0.39, 0.29) is 5.97 Å². The van der Waals surface area contributed by atoms with Gasteiger partial charge in [-0.1, -0.05) is 19.8 Å². The predicted molar refractivity (Wildman–Crippen MR) is 116 cm³/mol. The van der Waals surface area contributed by atoms with Crippen LogP contribution in [0.5, 0.6) is 11.5 Å². The van der Waals surface area contributed by atoms with Gasteiger partial charge in [0, 0.05) is 13.1 Å². The van der Waals surface area contributed by atoms with Crippen LogP contribution in [0, 0.1) is 0 Å². The van der Waals surface area contributed by atoms with Gasteiger partial charge in [-0.25, -0.2) is 4.79 Å². The Balaban J connectivity index is 1.49. The lowest BCUT2D eigenvalue weighted by Gasteiger charge is -2.23. The highest BCUT2D eigenvalue weighted by molar-refractivity contribution is 5.91. The summed E-state index contributed by atoms with van der Waals surface area (Å²) >= 11 is 0. The zero-order chi connectivity index (χ0) is 20.3. The number of benzene rings is 2. The number of esters is 1. The van der Waals surface area contributed by atoms with Gasteiger partial charge in [0.05, 0.1) is 18.4 Å². The molecule has 3 rings (SSSR count). The van der Waals surface area contributed by atoms with Crippen LogP contribution in [-0.4, -0.2) is 36.9 Å². The molecule has 0 radical (unpaired) electrons. The highest BCUT2D eigenvalue weighted by atomic mass is 16.5. The number of hydrogen-bond acceptors (Lipinski definition) is 5. The average molecular weight is 395 g/mol. The first-order valence-electron chi connectivity index (χ1n) is 10.6. The summed E-state index contributed by atoms with van der Waals surface area (Å²) in [5.74, 6) is 0.914. The topological polar surface area (TPSA) is 51.1 Å². The van der Waals surface area contributed by atoms with E-state index in [4.69, 9.17) is 9.47 Å². The molecule has 0 aromatic heterocycles. The van der Waals surface area contributed by atoms with Crippen molar-refractivity contribution >= 4 is 12.2 Å². The van der Waals surface area contributed by atoms with E-state index in [0.717, 1.165) is 37.2 Å². The van der Waals surface area contributed by atoms with Gasteiger partial charge in [-0.3, -0.25) is 5.01 Å². The standard InChI is InChI=1S/C24H30N2O3/c1-2-3-7-18-28-22-14-10-21(11-15-22)24(27)29-23-12-8-20(9-13-23)19-25-26-16-5-4-6-17-26/h8-15,19H,2-7,16-18H2,1H3/b25-19-. The van der Waals surface area contributed by atoms with Crippen LogP contribution in [0.4, 0.5) is 0 Å². The quantitative estimate of drug-likeness (QED) is 0.251. The van der Waals surface area contributed by atoms with E-state index >= 15 is 0 Å². The summed E-state index contributed by atoms with van der Waals surface area (Å²) in [4.78, 5) is 12.3. The second-order valence-electron chi connectivity index (χ2n) is 7.30. The van der Waals surface area contributed by atoms with Crippen molar-refractivity contribution in [2.75, 3.05) is 19.7 Å². The Bertz CT molecular complexity index is 779. The molecule has 154 valence electrons. The number of carbonyl (C=O) groups is 1. The molecule has 0 aliphatic carbocycles. The maximum Gasteiger partial charge on any atom is 0.343 e. The van der Waals surface area contributed by atoms with Gasteiger partial charge < -0.3 is 9.47 Å². The molecular weight excluding hydrogens is 364 g/mol. The molecule has 0 unspecified atom stereocenters. The molecule has 1 heterocycles. The Morgan fingerprint density at radius 1 is 0.966 bits per heavy atom. The SMILES string of the molecule is CCCCCOc1ccc(C(=O)Oc2ccc(/C=N\N3CCCCC3)cc2)cc1. The predicted octanol–water partition coefficient (Wildman–Crippen LogP) is 5.29. The normalized spacial score (nSPS) is 14.2. The monoisotopic (exact) mass is 394 g/mol. The van der Waals surface area contributed by atoms with Gasteiger partial charge in [0.2, 0.25) is 0 Å². The van der Waals surface area contributed by atoms with E-state index in [0.29, 0.717) is 17.9 Å². The van der Waals surface area contributed by atoms with Crippen LogP contribution < -0.4 is 9.47 Å². The fraction of sp³-hybridized carbons (Fsp3) is 0.417. The lowest BCUT2D eigenvalue weighted by Crippen LogP contribution is -2.24. The van der Waals surface area contributed by atoms with Crippen LogP contribution in [0.3, 0.4) is 0 Å². The molecule has 0 spiro atoms. The fourth-order valence-corrected chi connectivity index (χ4v) is 3.16. The molecule has 1 aliphatic heterocycles. The minimum absolute atomic E-state index is 0.378. The number of nitrogens with zero attached hydrogens (tertiary/aromatic N) is 2. The van der Waals surface area contributed by atoms with Gasteiger partial charge in [0.1, 0.15) is 11.5 Å². The van der Waals surface area contributed by atoms with E-state index in [2.05, 4.69) is 17.0 Å². The smallest absolute Gasteiger partial charge is 0.343 e. The highest BCUT2D eigenvalue weighted by Crippen LogP contribution is 2.17. The molecule has 1 saturated heterocycles. The van der Waals surface area contributed by atoms with Gasteiger partial charge >= 0.3 is 5.97 Å². The molecule has 29 heavy (non-hydrogen) atoms. The van der Waals surface area contributed by atoms with Crippen molar-refractivity contribution in [3.63, 3.8) is 0 Å². The van der Waals surface area contributed by atoms with Gasteiger partial charge in [-0.15, -0.1) is 0 Å². The number of ether oxygens (including phenoxy) is 2. The molecule has 0 bridgehead atoms. The molecule has 1 aliphatic rings. The van der Waals surface area contributed by atoms with Crippen molar-refractivity contribution in [1.29, 1.82) is 0 Å². The van der Waals surface area contributed by atoms with E-state index in [1.807, 2.05) is 30.5 Å². The summed E-state index contributed by atoms with van der Waals surface area (Å²) in [7, 11) is 0. The number of piperidine rings is 1. The summed E-state index contributed by atoms with van der Waals surface area (Å²) in [5, 5.41) is 6.63. The van der Waals surface area contributed by atoms with Crippen molar-refractivity contribution in [1.82, 2.24) is 5.01 Å². The Morgan fingerprint density at radius 3 is 2.34 bits per heavy atom. The lowest BCUT2D eigenvalue weighted by molar-refractivity contribution is 0.0734. The van der Waals surface area contributed by atoms with Crippen LogP contribution in [-0.2, 0) is 0 Å². The van der Waals surface area contributed by atoms with Gasteiger partial charge in [0.25, 0.3) is 0 Å². The molecule has 0 amide bonds. The average Bonchev–Trinajstić information content (AvgIpc) is 2.77. The number of hydrogen-bond donors (Lipinski definition) is 0. The Morgan fingerprint density at radius 2 is 1.66 bits per heavy atom. The van der Waals surface area contributed by atoms with Crippen LogP contribution in [0.25, 0.3) is 0 Å². The minimum atomic E-state index is -0.378. The number of hydrazone groups is 1. The summed E-state index contributed by atoms with van der Waals surface area (Å²) in [6, 6.07) is 14.5. The van der Waals surface area contributed by atoms with Crippen LogP contribution in [0.1, 0.15) is 61.4 Å². The molecule has 5 nitrogen and oxygen atoms in total. The van der Waals surface area contributed by atoms with Crippen molar-refractivity contribution in [2.45, 2.75) is 45.4 Å². The Kier molecular flexibility index (Phi) is 8.11. The summed E-state index contributed by atoms with van der Waals surface area (Å²) in [6.07, 6.45) is 8.93. The molecule has 2 aromatic carbocycles. The van der Waals surface area contributed by atoms with Crippen LogP contribution >= 0.6 is 0 Å². The maximum absolute atomic E-state index is 12.3. The molecule has 0 N–H and O–H groups in total. The van der Waals surface area contributed by atoms with Gasteiger partial charge in [-0.05, 0) is 79.8 Å². The molecular formula is C24H30N2O3. The first-order chi connectivity index (χ1) is 14.2. The lowest BCUT2D eigenvalue weighted by atomic mass is 10.2. The molecule has 1 fully saturated rings. The second kappa shape index (κ2) is 11.2. The van der Waals surface area contributed by atoms with Gasteiger partial charge in [0.15, 0.2) is 0 Å². The fourth-order valence-electron chi connectivity index (χ4n) is 3.16. The third-order valence-electron chi connectivity index (χ3n) is 4.90. The molecule has 5 heteroatoms. The number of carbonyl (C=O) groups excluding carboxylic acids is 1. The van der Waals surface area contributed by atoms with Crippen LogP contribution in [0.2, 0.25) is 0 Å². The maximum atomic E-state index is 12.3. The van der Waals surface area contributed by atoms with E-state index < -0.39 is 0 Å². The van der Waals surface area contributed by atoms with Gasteiger partial charge in [-0.2, -0.15) is 5.10 Å². The number of unbranched alkanes of at least 4 members (excludes halogenated alkanes) is 2. The van der Waals surface area contributed by atoms with Crippen molar-refractivity contribution < 1.29 is 14.3 Å². The largest absolute Gasteiger partial charge is 0.494 e. The molecule has 2 aromatic rings. The summed E-state index contributed by atoms with van der Waals surface area (Å²) in [6.45, 7) is 4.91. The minimum Gasteiger partial charge on any atom is -0.494 e. The van der Waals surface area contributed by atoms with Crippen LogP contribution in [0.15, 0.2) is 53.6 Å². The second-order valence-corrected chi connectivity index (χ2v) is 7.30. The van der Waals surface area contributed by atoms with Crippen molar-refractivity contribution in [3.05, 3.63) is 59.7 Å². The number of rotatable bonds is 9. The van der Waals surface area contributed by atoms with E-state index in [1.54, 1.807) is 24.3 Å². The molecule has 0 atom stereocenters. The third kappa shape index (κ3) is 6.93. The summed E-state index contributed by atoms with van der Waals surface area (Å²) < 4.78 is 11.1. The van der Waals surface area contributed by atoms with Crippen molar-refractivity contribution in [2.24, 2.45) is 5.10 Å². The zero-order valence-electron chi connectivity index (χ0n) is 17.2. The first kappa shape index (κ1) is 20.9.